The second-order valence-corrected chi connectivity index (χ2v) is 6.54. The molecule has 0 radical (unpaired) electrons. The molecule has 1 aromatic heterocycles. The number of hydrogen-bond acceptors (Lipinski definition) is 3. The van der Waals surface area contributed by atoms with Crippen molar-refractivity contribution in [3.05, 3.63) is 82.3 Å². The number of amides is 1. The molecule has 2 aromatic carbocycles. The van der Waals surface area contributed by atoms with Gasteiger partial charge < -0.3 is 10.2 Å². The Morgan fingerprint density at radius 3 is 2.68 bits per heavy atom. The topological polar surface area (TPSA) is 45.2 Å². The van der Waals surface area contributed by atoms with E-state index in [0.29, 0.717) is 15.6 Å². The van der Waals surface area contributed by atoms with Crippen LogP contribution in [0.5, 0.6) is 0 Å². The van der Waals surface area contributed by atoms with Crippen LogP contribution in [0.4, 0.5) is 21.5 Å². The zero-order chi connectivity index (χ0) is 17.4. The molecule has 4 rings (SSSR count). The first kappa shape index (κ1) is 15.8. The Kier molecular flexibility index (Phi) is 3.97. The number of hydrogen-bond donors (Lipinski definition) is 1. The number of pyridine rings is 1. The fourth-order valence-corrected chi connectivity index (χ4v) is 3.26. The first-order chi connectivity index (χ1) is 12.1. The van der Waals surface area contributed by atoms with Crippen molar-refractivity contribution in [2.24, 2.45) is 0 Å². The highest BCUT2D eigenvalue weighted by molar-refractivity contribution is 9.10. The van der Waals surface area contributed by atoms with Crippen LogP contribution < -0.4 is 10.2 Å². The molecular weight excluding hydrogens is 385 g/mol. The molecule has 1 aliphatic rings. The van der Waals surface area contributed by atoms with Crippen LogP contribution in [-0.4, -0.2) is 10.9 Å². The maximum absolute atomic E-state index is 14.3. The van der Waals surface area contributed by atoms with Crippen LogP contribution in [0.1, 0.15) is 15.9 Å². The number of halogens is 2. The lowest BCUT2D eigenvalue weighted by molar-refractivity contribution is 0.0996. The van der Waals surface area contributed by atoms with Gasteiger partial charge in [0.05, 0.1) is 11.0 Å². The van der Waals surface area contributed by atoms with Crippen LogP contribution in [0.2, 0.25) is 0 Å². The van der Waals surface area contributed by atoms with Gasteiger partial charge in [0.1, 0.15) is 5.82 Å². The maximum atomic E-state index is 14.3. The van der Waals surface area contributed by atoms with Crippen LogP contribution in [0.15, 0.2) is 65.4 Å². The number of nitrogens with one attached hydrogen (secondary N) is 1. The van der Waals surface area contributed by atoms with Gasteiger partial charge in [-0.15, -0.1) is 0 Å². The Labute approximate surface area is 152 Å². The van der Waals surface area contributed by atoms with E-state index in [2.05, 4.69) is 26.2 Å². The van der Waals surface area contributed by atoms with Crippen molar-refractivity contribution < 1.29 is 9.18 Å². The van der Waals surface area contributed by atoms with Gasteiger partial charge in [-0.2, -0.15) is 0 Å². The summed E-state index contributed by atoms with van der Waals surface area (Å²) in [5, 5.41) is 3.26. The monoisotopic (exact) mass is 397 g/mol. The predicted octanol–water partition coefficient (Wildman–Crippen LogP) is 4.89. The van der Waals surface area contributed by atoms with Gasteiger partial charge in [0.2, 0.25) is 0 Å². The van der Waals surface area contributed by atoms with Crippen molar-refractivity contribution in [1.82, 2.24) is 4.98 Å². The second kappa shape index (κ2) is 6.29. The Hall–Kier alpha value is -2.73. The molecule has 1 N–H and O–H groups in total. The summed E-state index contributed by atoms with van der Waals surface area (Å²) in [4.78, 5) is 18.2. The van der Waals surface area contributed by atoms with Crippen molar-refractivity contribution >= 4 is 38.9 Å². The third-order valence-electron chi connectivity index (χ3n) is 4.11. The van der Waals surface area contributed by atoms with Crippen LogP contribution in [-0.2, 0) is 6.54 Å². The number of benzene rings is 2. The third kappa shape index (κ3) is 2.89. The SMILES string of the molecule is O=C1c2ccc(Br)c(F)c2CN1c1cccc(Nc2ccncc2)c1. The van der Waals surface area contributed by atoms with E-state index >= 15 is 0 Å². The molecule has 0 saturated heterocycles. The quantitative estimate of drug-likeness (QED) is 0.684. The standard InChI is InChI=1S/C19H13BrFN3O/c20-17-5-4-15-16(18(17)21)11-24(19(15)25)14-3-1-2-13(10-14)23-12-6-8-22-9-7-12/h1-10H,11H2,(H,22,23). The molecule has 0 aliphatic carbocycles. The van der Waals surface area contributed by atoms with Gasteiger partial charge in [-0.25, -0.2) is 4.39 Å². The summed E-state index contributed by atoms with van der Waals surface area (Å²) in [6.45, 7) is 0.220. The summed E-state index contributed by atoms with van der Waals surface area (Å²) in [5.41, 5.74) is 3.29. The van der Waals surface area contributed by atoms with E-state index in [-0.39, 0.29) is 18.3 Å². The molecule has 0 unspecified atom stereocenters. The molecular formula is C19H13BrFN3O. The predicted molar refractivity (Wildman–Crippen MR) is 98.6 cm³/mol. The summed E-state index contributed by atoms with van der Waals surface area (Å²) >= 11 is 3.17. The molecule has 0 fully saturated rings. The minimum Gasteiger partial charge on any atom is -0.355 e. The molecule has 0 saturated carbocycles. The summed E-state index contributed by atoms with van der Waals surface area (Å²) in [6, 6.07) is 14.4. The molecule has 6 heteroatoms. The van der Waals surface area contributed by atoms with E-state index in [1.807, 2.05) is 36.4 Å². The molecule has 0 spiro atoms. The van der Waals surface area contributed by atoms with E-state index in [1.54, 1.807) is 29.4 Å². The molecule has 1 aliphatic heterocycles. The van der Waals surface area contributed by atoms with Gasteiger partial charge in [-0.05, 0) is 58.4 Å². The number of rotatable bonds is 3. The van der Waals surface area contributed by atoms with Gasteiger partial charge in [-0.3, -0.25) is 9.78 Å². The fraction of sp³-hybridized carbons (Fsp3) is 0.0526. The maximum Gasteiger partial charge on any atom is 0.259 e. The first-order valence-corrected chi connectivity index (χ1v) is 8.48. The zero-order valence-electron chi connectivity index (χ0n) is 13.0. The largest absolute Gasteiger partial charge is 0.355 e. The van der Waals surface area contributed by atoms with E-state index in [9.17, 15) is 9.18 Å². The molecule has 2 heterocycles. The molecule has 0 bridgehead atoms. The van der Waals surface area contributed by atoms with Gasteiger partial charge in [-0.1, -0.05) is 6.07 Å². The number of nitrogens with zero attached hydrogens (tertiary/aromatic N) is 2. The van der Waals surface area contributed by atoms with Crippen molar-refractivity contribution in [2.75, 3.05) is 10.2 Å². The van der Waals surface area contributed by atoms with Gasteiger partial charge >= 0.3 is 0 Å². The zero-order valence-corrected chi connectivity index (χ0v) is 14.6. The molecule has 124 valence electrons. The number of carbonyl (C=O) groups is 1. The Morgan fingerprint density at radius 1 is 1.08 bits per heavy atom. The van der Waals surface area contributed by atoms with E-state index in [4.69, 9.17) is 0 Å². The first-order valence-electron chi connectivity index (χ1n) is 7.69. The van der Waals surface area contributed by atoms with Crippen molar-refractivity contribution in [1.29, 1.82) is 0 Å². The number of carbonyl (C=O) groups excluding carboxylic acids is 1. The molecule has 0 atom stereocenters. The minimum atomic E-state index is -0.376. The normalized spacial score (nSPS) is 13.0. The Morgan fingerprint density at radius 2 is 1.88 bits per heavy atom. The Bertz CT molecular complexity index is 962. The Balaban J connectivity index is 1.64. The summed E-state index contributed by atoms with van der Waals surface area (Å²) in [6.07, 6.45) is 3.40. The highest BCUT2D eigenvalue weighted by atomic mass is 79.9. The third-order valence-corrected chi connectivity index (χ3v) is 4.73. The van der Waals surface area contributed by atoms with Crippen LogP contribution >= 0.6 is 15.9 Å². The van der Waals surface area contributed by atoms with Gasteiger partial charge in [0, 0.05) is 40.6 Å². The second-order valence-electron chi connectivity index (χ2n) is 5.69. The molecule has 3 aromatic rings. The number of aromatic nitrogens is 1. The average Bonchev–Trinajstić information content (AvgIpc) is 2.97. The van der Waals surface area contributed by atoms with Crippen LogP contribution in [0, 0.1) is 5.82 Å². The smallest absolute Gasteiger partial charge is 0.259 e. The molecule has 1 amide bonds. The highest BCUT2D eigenvalue weighted by Gasteiger charge is 2.31. The summed E-state index contributed by atoms with van der Waals surface area (Å²) < 4.78 is 14.7. The minimum absolute atomic E-state index is 0.192. The lowest BCUT2D eigenvalue weighted by atomic mass is 10.1. The van der Waals surface area contributed by atoms with Crippen LogP contribution in [0.25, 0.3) is 0 Å². The lowest BCUT2D eigenvalue weighted by Crippen LogP contribution is -2.22. The van der Waals surface area contributed by atoms with E-state index in [1.165, 1.54) is 0 Å². The molecule has 25 heavy (non-hydrogen) atoms. The summed E-state index contributed by atoms with van der Waals surface area (Å²) in [7, 11) is 0. The number of fused-ring (bicyclic) bond motifs is 1. The molecule has 4 nitrogen and oxygen atoms in total. The van der Waals surface area contributed by atoms with Crippen molar-refractivity contribution in [3.8, 4) is 0 Å². The number of anilines is 3. The van der Waals surface area contributed by atoms with E-state index in [0.717, 1.165) is 17.1 Å². The highest BCUT2D eigenvalue weighted by Crippen LogP contribution is 2.34. The van der Waals surface area contributed by atoms with Crippen LogP contribution in [0.3, 0.4) is 0 Å². The van der Waals surface area contributed by atoms with E-state index < -0.39 is 0 Å². The van der Waals surface area contributed by atoms with Crippen molar-refractivity contribution in [2.45, 2.75) is 6.54 Å². The fourth-order valence-electron chi connectivity index (χ4n) is 2.88. The summed E-state index contributed by atoms with van der Waals surface area (Å²) in [5.74, 6) is -0.568. The lowest BCUT2D eigenvalue weighted by Gasteiger charge is -2.17. The average molecular weight is 398 g/mol. The van der Waals surface area contributed by atoms with Gasteiger partial charge in [0.15, 0.2) is 0 Å². The van der Waals surface area contributed by atoms with Gasteiger partial charge in [0.25, 0.3) is 5.91 Å². The van der Waals surface area contributed by atoms with Crippen molar-refractivity contribution in [3.63, 3.8) is 0 Å².